The maximum Gasteiger partial charge on any atom is 0.259 e. The Morgan fingerprint density at radius 2 is 2.10 bits per heavy atom. The van der Waals surface area contributed by atoms with Gasteiger partial charge < -0.3 is 10.6 Å². The molecule has 106 valence electrons. The Balaban J connectivity index is 2.38. The van der Waals surface area contributed by atoms with Crippen LogP contribution in [0.2, 0.25) is 0 Å². The van der Waals surface area contributed by atoms with E-state index in [-0.39, 0.29) is 17.4 Å². The number of anilines is 1. The number of likely N-dealkylation sites (N-methyl/N-ethyl adjacent to an activating group) is 1. The quantitative estimate of drug-likeness (QED) is 0.867. The molecule has 6 heteroatoms. The van der Waals surface area contributed by atoms with Gasteiger partial charge in [-0.3, -0.25) is 14.0 Å². The molecule has 0 aliphatic heterocycles. The van der Waals surface area contributed by atoms with Crippen molar-refractivity contribution in [3.63, 3.8) is 0 Å². The van der Waals surface area contributed by atoms with E-state index in [0.717, 1.165) is 0 Å². The number of nitrogens with one attached hydrogen (secondary N) is 2. The molecule has 2 N–H and O–H groups in total. The van der Waals surface area contributed by atoms with E-state index in [1.54, 1.807) is 25.4 Å². The van der Waals surface area contributed by atoms with Gasteiger partial charge in [0, 0.05) is 19.3 Å². The van der Waals surface area contributed by atoms with E-state index < -0.39 is 6.04 Å². The predicted octanol–water partition coefficient (Wildman–Crippen LogP) is 0.877. The van der Waals surface area contributed by atoms with Crippen LogP contribution in [0.4, 0.5) is 5.82 Å². The molecule has 0 aromatic carbocycles. The fraction of sp³-hybridized carbons (Fsp3) is 0.357. The Morgan fingerprint density at radius 1 is 1.35 bits per heavy atom. The summed E-state index contributed by atoms with van der Waals surface area (Å²) in [5.41, 5.74) is 0.361. The van der Waals surface area contributed by atoms with Crippen LogP contribution < -0.4 is 16.2 Å². The number of aromatic nitrogens is 2. The number of pyridine rings is 1. The van der Waals surface area contributed by atoms with E-state index >= 15 is 0 Å². The predicted molar refractivity (Wildman–Crippen MR) is 77.8 cm³/mol. The van der Waals surface area contributed by atoms with E-state index in [9.17, 15) is 9.59 Å². The number of nitrogens with zero attached hydrogens (tertiary/aromatic N) is 2. The monoisotopic (exact) mass is 274 g/mol. The first-order valence-corrected chi connectivity index (χ1v) is 6.49. The molecule has 0 fully saturated rings. The minimum atomic E-state index is -0.432. The smallest absolute Gasteiger partial charge is 0.259 e. The lowest BCUT2D eigenvalue weighted by Crippen LogP contribution is -2.41. The minimum Gasteiger partial charge on any atom is -0.358 e. The Bertz CT molecular complexity index is 678. The van der Waals surface area contributed by atoms with Crippen molar-refractivity contribution in [2.45, 2.75) is 19.9 Å². The van der Waals surface area contributed by atoms with Crippen LogP contribution in [0, 0.1) is 5.92 Å². The van der Waals surface area contributed by atoms with Crippen LogP contribution in [0.15, 0.2) is 35.3 Å². The number of fused-ring (bicyclic) bond motifs is 1. The average molecular weight is 274 g/mol. The minimum absolute atomic E-state index is 0.0750. The Kier molecular flexibility index (Phi) is 4.02. The van der Waals surface area contributed by atoms with Gasteiger partial charge >= 0.3 is 0 Å². The fourth-order valence-corrected chi connectivity index (χ4v) is 1.98. The zero-order chi connectivity index (χ0) is 14.7. The van der Waals surface area contributed by atoms with Crippen molar-refractivity contribution in [2.24, 2.45) is 5.92 Å². The van der Waals surface area contributed by atoms with E-state index in [0.29, 0.717) is 11.5 Å². The summed E-state index contributed by atoms with van der Waals surface area (Å²) >= 11 is 0. The maximum absolute atomic E-state index is 12.0. The molecule has 2 rings (SSSR count). The lowest BCUT2D eigenvalue weighted by atomic mass is 10.0. The third kappa shape index (κ3) is 2.79. The highest BCUT2D eigenvalue weighted by Gasteiger charge is 2.21. The molecule has 0 radical (unpaired) electrons. The van der Waals surface area contributed by atoms with E-state index in [1.165, 1.54) is 10.5 Å². The van der Waals surface area contributed by atoms with Gasteiger partial charge in [-0.1, -0.05) is 19.9 Å². The van der Waals surface area contributed by atoms with Gasteiger partial charge in [-0.2, -0.15) is 0 Å². The molecule has 1 atom stereocenters. The number of carbonyl (C=O) groups excluding carboxylic acids is 1. The number of amides is 1. The number of hydrogen-bond donors (Lipinski definition) is 2. The number of hydrogen-bond acceptors (Lipinski definition) is 4. The SMILES string of the molecule is CNC(=O)C(Nc1cc(=O)n2ccccc2n1)C(C)C. The van der Waals surface area contributed by atoms with E-state index in [2.05, 4.69) is 15.6 Å². The summed E-state index contributed by atoms with van der Waals surface area (Å²) in [7, 11) is 1.59. The topological polar surface area (TPSA) is 75.5 Å². The van der Waals surface area contributed by atoms with Gasteiger partial charge in [-0.25, -0.2) is 4.98 Å². The summed E-state index contributed by atoms with van der Waals surface area (Å²) in [5.74, 6) is 0.351. The zero-order valence-corrected chi connectivity index (χ0v) is 11.8. The summed E-state index contributed by atoms with van der Waals surface area (Å²) in [6.07, 6.45) is 1.66. The molecule has 0 aliphatic carbocycles. The fourth-order valence-electron chi connectivity index (χ4n) is 1.98. The van der Waals surface area contributed by atoms with Crippen LogP contribution in [0.3, 0.4) is 0 Å². The molecule has 20 heavy (non-hydrogen) atoms. The first kappa shape index (κ1) is 14.0. The highest BCUT2D eigenvalue weighted by Crippen LogP contribution is 2.10. The van der Waals surface area contributed by atoms with Crippen molar-refractivity contribution >= 4 is 17.4 Å². The van der Waals surface area contributed by atoms with Crippen molar-refractivity contribution in [3.8, 4) is 0 Å². The maximum atomic E-state index is 12.0. The molecule has 2 heterocycles. The second-order valence-corrected chi connectivity index (χ2v) is 4.89. The van der Waals surface area contributed by atoms with Gasteiger partial charge in [0.05, 0.1) is 0 Å². The summed E-state index contributed by atoms with van der Waals surface area (Å²) in [6, 6.07) is 6.29. The second-order valence-electron chi connectivity index (χ2n) is 4.89. The normalized spacial score (nSPS) is 12.4. The van der Waals surface area contributed by atoms with E-state index in [1.807, 2.05) is 19.9 Å². The summed E-state index contributed by atoms with van der Waals surface area (Å²) in [4.78, 5) is 28.1. The average Bonchev–Trinajstić information content (AvgIpc) is 2.43. The van der Waals surface area contributed by atoms with Crippen molar-refractivity contribution in [3.05, 3.63) is 40.8 Å². The Morgan fingerprint density at radius 3 is 2.75 bits per heavy atom. The largest absolute Gasteiger partial charge is 0.358 e. The molecule has 0 saturated heterocycles. The van der Waals surface area contributed by atoms with Crippen molar-refractivity contribution in [1.82, 2.24) is 14.7 Å². The summed E-state index contributed by atoms with van der Waals surface area (Å²) in [5, 5.41) is 5.63. The van der Waals surface area contributed by atoms with Crippen molar-refractivity contribution < 1.29 is 4.79 Å². The van der Waals surface area contributed by atoms with Crippen LogP contribution in [0.1, 0.15) is 13.8 Å². The Labute approximate surface area is 116 Å². The highest BCUT2D eigenvalue weighted by atomic mass is 16.2. The van der Waals surface area contributed by atoms with Crippen molar-refractivity contribution in [2.75, 3.05) is 12.4 Å². The molecule has 1 amide bonds. The highest BCUT2D eigenvalue weighted by molar-refractivity contribution is 5.84. The molecule has 0 aliphatic rings. The first-order valence-electron chi connectivity index (χ1n) is 6.49. The van der Waals surface area contributed by atoms with Gasteiger partial charge in [0.25, 0.3) is 5.56 Å². The van der Waals surface area contributed by atoms with Crippen LogP contribution in [0.5, 0.6) is 0 Å². The van der Waals surface area contributed by atoms with Gasteiger partial charge in [0.15, 0.2) is 0 Å². The number of carbonyl (C=O) groups is 1. The molecule has 6 nitrogen and oxygen atoms in total. The van der Waals surface area contributed by atoms with Crippen molar-refractivity contribution in [1.29, 1.82) is 0 Å². The molecular weight excluding hydrogens is 256 g/mol. The Hall–Kier alpha value is -2.37. The molecule has 0 bridgehead atoms. The number of rotatable bonds is 4. The zero-order valence-electron chi connectivity index (χ0n) is 11.8. The van der Waals surface area contributed by atoms with Crippen LogP contribution >= 0.6 is 0 Å². The molecule has 0 saturated carbocycles. The lowest BCUT2D eigenvalue weighted by Gasteiger charge is -2.21. The third-order valence-electron chi connectivity index (χ3n) is 3.07. The lowest BCUT2D eigenvalue weighted by molar-refractivity contribution is -0.122. The summed E-state index contributed by atoms with van der Waals surface area (Å²) < 4.78 is 1.45. The van der Waals surface area contributed by atoms with Crippen LogP contribution in [0.25, 0.3) is 5.65 Å². The van der Waals surface area contributed by atoms with Gasteiger partial charge in [0.2, 0.25) is 5.91 Å². The second kappa shape index (κ2) is 5.73. The third-order valence-corrected chi connectivity index (χ3v) is 3.07. The standard InChI is InChI=1S/C14H18N4O2/c1-9(2)13(14(20)15-3)17-10-8-12(19)18-7-5-4-6-11(18)16-10/h4-9,13,17H,1-3H3,(H,15,20). The van der Waals surface area contributed by atoms with Crippen LogP contribution in [-0.4, -0.2) is 28.4 Å². The molecule has 2 aromatic heterocycles. The van der Waals surface area contributed by atoms with Crippen LogP contribution in [-0.2, 0) is 4.79 Å². The van der Waals surface area contributed by atoms with Gasteiger partial charge in [-0.15, -0.1) is 0 Å². The van der Waals surface area contributed by atoms with Gasteiger partial charge in [0.1, 0.15) is 17.5 Å². The molecule has 2 aromatic rings. The summed E-state index contributed by atoms with van der Waals surface area (Å²) in [6.45, 7) is 3.86. The van der Waals surface area contributed by atoms with Gasteiger partial charge in [-0.05, 0) is 18.1 Å². The molecule has 0 spiro atoms. The first-order chi connectivity index (χ1) is 9.52. The molecule has 1 unspecified atom stereocenters. The van der Waals surface area contributed by atoms with E-state index in [4.69, 9.17) is 0 Å². The molecular formula is C14H18N4O2.